The largest absolute Gasteiger partial charge is 0.481 e. The van der Waals surface area contributed by atoms with Crippen molar-refractivity contribution in [2.24, 2.45) is 5.92 Å². The summed E-state index contributed by atoms with van der Waals surface area (Å²) in [7, 11) is 1.50. The molecule has 0 aromatic heterocycles. The van der Waals surface area contributed by atoms with Crippen LogP contribution in [0.4, 0.5) is 5.69 Å². The lowest BCUT2D eigenvalue weighted by atomic mass is 10.1. The normalized spacial score (nSPS) is 11.8. The summed E-state index contributed by atoms with van der Waals surface area (Å²) < 4.78 is 0. The second-order valence-electron chi connectivity index (χ2n) is 4.72. The number of benzene rings is 1. The Morgan fingerprint density at radius 3 is 2.57 bits per heavy atom. The number of halogens is 1. The molecule has 0 radical (unpaired) electrons. The zero-order valence-electron chi connectivity index (χ0n) is 11.6. The molecule has 1 aromatic rings. The van der Waals surface area contributed by atoms with Crippen molar-refractivity contribution in [2.75, 3.05) is 13.6 Å². The highest BCUT2D eigenvalue weighted by molar-refractivity contribution is 6.31. The quantitative estimate of drug-likeness (QED) is 0.639. The lowest BCUT2D eigenvalue weighted by Crippen LogP contribution is -2.34. The van der Waals surface area contributed by atoms with Crippen molar-refractivity contribution >= 4 is 29.2 Å². The molecule has 1 unspecified atom stereocenters. The van der Waals surface area contributed by atoms with Crippen LogP contribution in [0, 0.1) is 16.0 Å². The first-order chi connectivity index (χ1) is 9.72. The Kier molecular flexibility index (Phi) is 5.66. The van der Waals surface area contributed by atoms with E-state index in [1.54, 1.807) is 0 Å². The van der Waals surface area contributed by atoms with Gasteiger partial charge in [-0.25, -0.2) is 0 Å². The van der Waals surface area contributed by atoms with E-state index in [4.69, 9.17) is 16.7 Å². The Morgan fingerprint density at radius 1 is 1.48 bits per heavy atom. The van der Waals surface area contributed by atoms with Gasteiger partial charge in [0.2, 0.25) is 5.91 Å². The zero-order chi connectivity index (χ0) is 16.2. The van der Waals surface area contributed by atoms with Crippen molar-refractivity contribution in [3.63, 3.8) is 0 Å². The van der Waals surface area contributed by atoms with Crippen LogP contribution in [0.3, 0.4) is 0 Å². The number of carboxylic acids is 1. The smallest absolute Gasteiger partial charge is 0.308 e. The van der Waals surface area contributed by atoms with Crippen molar-refractivity contribution in [1.29, 1.82) is 0 Å². The second kappa shape index (κ2) is 7.03. The van der Waals surface area contributed by atoms with E-state index in [0.29, 0.717) is 5.56 Å². The highest BCUT2D eigenvalue weighted by Crippen LogP contribution is 2.23. The number of non-ortho nitro benzene ring substituents is 1. The second-order valence-corrected chi connectivity index (χ2v) is 5.13. The molecule has 0 aliphatic rings. The molecule has 1 amide bonds. The lowest BCUT2D eigenvalue weighted by Gasteiger charge is -2.19. The minimum absolute atomic E-state index is 0.0420. The number of nitro groups is 1. The maximum absolute atomic E-state index is 12.0. The van der Waals surface area contributed by atoms with Crippen LogP contribution in [0.1, 0.15) is 12.5 Å². The number of nitrogens with zero attached hydrogens (tertiary/aromatic N) is 2. The molecule has 1 aromatic carbocycles. The molecule has 0 aliphatic carbocycles. The fourth-order valence-corrected chi connectivity index (χ4v) is 1.92. The van der Waals surface area contributed by atoms with E-state index in [1.165, 1.54) is 37.1 Å². The number of rotatable bonds is 6. The number of nitro benzene ring substituents is 1. The van der Waals surface area contributed by atoms with E-state index >= 15 is 0 Å². The first-order valence-corrected chi connectivity index (χ1v) is 6.49. The van der Waals surface area contributed by atoms with Gasteiger partial charge in [0.15, 0.2) is 0 Å². The Hall–Kier alpha value is -2.15. The molecule has 114 valence electrons. The molecular weight excluding hydrogens is 300 g/mol. The number of amides is 1. The molecule has 0 spiro atoms. The van der Waals surface area contributed by atoms with Crippen LogP contribution in [-0.2, 0) is 16.0 Å². The Bertz CT molecular complexity index is 576. The van der Waals surface area contributed by atoms with Crippen LogP contribution in [0.25, 0.3) is 0 Å². The fourth-order valence-electron chi connectivity index (χ4n) is 1.68. The standard InChI is InChI=1S/C13H15ClN2O5/c1-8(13(18)19)7-15(2)12(17)5-9-3-4-10(16(20)21)6-11(9)14/h3-4,6,8H,5,7H2,1-2H3,(H,18,19). The Labute approximate surface area is 126 Å². The van der Waals surface area contributed by atoms with Crippen LogP contribution in [0.5, 0.6) is 0 Å². The molecule has 1 atom stereocenters. The molecule has 7 nitrogen and oxygen atoms in total. The number of aliphatic carboxylic acids is 1. The first-order valence-electron chi connectivity index (χ1n) is 6.12. The van der Waals surface area contributed by atoms with Gasteiger partial charge in [-0.1, -0.05) is 24.6 Å². The third-order valence-electron chi connectivity index (χ3n) is 2.98. The molecule has 0 saturated carbocycles. The summed E-state index contributed by atoms with van der Waals surface area (Å²) in [5.74, 6) is -1.96. The first kappa shape index (κ1) is 16.9. The molecule has 0 bridgehead atoms. The van der Waals surface area contributed by atoms with Gasteiger partial charge >= 0.3 is 5.97 Å². The zero-order valence-corrected chi connectivity index (χ0v) is 12.3. The molecule has 21 heavy (non-hydrogen) atoms. The highest BCUT2D eigenvalue weighted by Gasteiger charge is 2.19. The summed E-state index contributed by atoms with van der Waals surface area (Å²) in [4.78, 5) is 34.1. The van der Waals surface area contributed by atoms with Crippen LogP contribution in [-0.4, -0.2) is 40.4 Å². The third kappa shape index (κ3) is 4.71. The summed E-state index contributed by atoms with van der Waals surface area (Å²) in [5, 5.41) is 19.5. The number of carboxylic acid groups (broad SMARTS) is 1. The lowest BCUT2D eigenvalue weighted by molar-refractivity contribution is -0.384. The van der Waals surface area contributed by atoms with Gasteiger partial charge in [0, 0.05) is 25.7 Å². The van der Waals surface area contributed by atoms with Crippen molar-refractivity contribution < 1.29 is 19.6 Å². The average molecular weight is 315 g/mol. The minimum atomic E-state index is -0.983. The summed E-state index contributed by atoms with van der Waals surface area (Å²) in [6.45, 7) is 1.59. The van der Waals surface area contributed by atoms with Crippen molar-refractivity contribution in [1.82, 2.24) is 4.90 Å². The minimum Gasteiger partial charge on any atom is -0.481 e. The van der Waals surface area contributed by atoms with E-state index in [9.17, 15) is 19.7 Å². The average Bonchev–Trinajstić information content (AvgIpc) is 2.40. The number of carbonyl (C=O) groups is 2. The number of likely N-dealkylation sites (N-methyl/N-ethyl adjacent to an activating group) is 1. The fraction of sp³-hybridized carbons (Fsp3) is 0.385. The summed E-state index contributed by atoms with van der Waals surface area (Å²) in [6, 6.07) is 3.88. The van der Waals surface area contributed by atoms with Crippen molar-refractivity contribution in [3.05, 3.63) is 38.9 Å². The van der Waals surface area contributed by atoms with Gasteiger partial charge in [-0.15, -0.1) is 0 Å². The van der Waals surface area contributed by atoms with E-state index in [0.717, 1.165) is 0 Å². The van der Waals surface area contributed by atoms with Gasteiger partial charge in [-0.2, -0.15) is 0 Å². The number of hydrogen-bond donors (Lipinski definition) is 1. The third-order valence-corrected chi connectivity index (χ3v) is 3.34. The topological polar surface area (TPSA) is 101 Å². The highest BCUT2D eigenvalue weighted by atomic mass is 35.5. The van der Waals surface area contributed by atoms with Crippen molar-refractivity contribution in [3.8, 4) is 0 Å². The van der Waals surface area contributed by atoms with Crippen molar-refractivity contribution in [2.45, 2.75) is 13.3 Å². The van der Waals surface area contributed by atoms with Gasteiger partial charge in [0.1, 0.15) is 0 Å². The van der Waals surface area contributed by atoms with E-state index in [1.807, 2.05) is 0 Å². The Balaban J connectivity index is 2.74. The van der Waals surface area contributed by atoms with Gasteiger partial charge in [-0.3, -0.25) is 19.7 Å². The maximum Gasteiger partial charge on any atom is 0.308 e. The van der Waals surface area contributed by atoms with Crippen LogP contribution >= 0.6 is 11.6 Å². The number of hydrogen-bond acceptors (Lipinski definition) is 4. The SMILES string of the molecule is CC(CN(C)C(=O)Cc1ccc([N+](=O)[O-])cc1Cl)C(=O)O. The van der Waals surface area contributed by atoms with Crippen LogP contribution < -0.4 is 0 Å². The molecule has 8 heteroatoms. The monoisotopic (exact) mass is 314 g/mol. The van der Waals surface area contributed by atoms with Gasteiger partial charge < -0.3 is 10.0 Å². The molecule has 0 fully saturated rings. The van der Waals surface area contributed by atoms with E-state index < -0.39 is 16.8 Å². The maximum atomic E-state index is 12.0. The Morgan fingerprint density at radius 2 is 2.10 bits per heavy atom. The van der Waals surface area contributed by atoms with Gasteiger partial charge in [-0.05, 0) is 5.56 Å². The van der Waals surface area contributed by atoms with E-state index in [-0.39, 0.29) is 29.6 Å². The predicted molar refractivity (Wildman–Crippen MR) is 76.2 cm³/mol. The molecule has 1 rings (SSSR count). The molecule has 1 N–H and O–H groups in total. The van der Waals surface area contributed by atoms with Gasteiger partial charge in [0.25, 0.3) is 5.69 Å². The van der Waals surface area contributed by atoms with Crippen LogP contribution in [0.2, 0.25) is 5.02 Å². The molecule has 0 saturated heterocycles. The summed E-state index contributed by atoms with van der Waals surface area (Å²) in [5.41, 5.74) is 0.311. The molecular formula is C13H15ClN2O5. The predicted octanol–water partition coefficient (Wildman–Crippen LogP) is 1.97. The summed E-state index contributed by atoms with van der Waals surface area (Å²) >= 11 is 5.91. The van der Waals surface area contributed by atoms with Gasteiger partial charge in [0.05, 0.1) is 22.3 Å². The molecule has 0 heterocycles. The van der Waals surface area contributed by atoms with E-state index in [2.05, 4.69) is 0 Å². The summed E-state index contributed by atoms with van der Waals surface area (Å²) in [6.07, 6.45) is -0.0420. The molecule has 0 aliphatic heterocycles. The number of carbonyl (C=O) groups excluding carboxylic acids is 1. The van der Waals surface area contributed by atoms with Crippen LogP contribution in [0.15, 0.2) is 18.2 Å².